The zero-order chi connectivity index (χ0) is 17.3. The van der Waals surface area contributed by atoms with E-state index in [4.69, 9.17) is 0 Å². The van der Waals surface area contributed by atoms with Crippen LogP contribution < -0.4 is 10.6 Å². The number of aromatic nitrogens is 2. The number of benzene rings is 1. The van der Waals surface area contributed by atoms with Gasteiger partial charge in [-0.25, -0.2) is 9.97 Å². The van der Waals surface area contributed by atoms with Crippen molar-refractivity contribution in [1.29, 1.82) is 0 Å². The van der Waals surface area contributed by atoms with Crippen molar-refractivity contribution in [3.05, 3.63) is 46.1 Å². The van der Waals surface area contributed by atoms with Crippen LogP contribution in [0.2, 0.25) is 0 Å². The van der Waals surface area contributed by atoms with Crippen molar-refractivity contribution in [2.45, 2.75) is 27.7 Å². The fourth-order valence-corrected chi connectivity index (χ4v) is 3.66. The van der Waals surface area contributed by atoms with Crippen LogP contribution in [0.5, 0.6) is 0 Å². The second-order valence-electron chi connectivity index (χ2n) is 5.65. The third-order valence-electron chi connectivity index (χ3n) is 3.87. The Hall–Kier alpha value is -2.47. The molecule has 0 fully saturated rings. The van der Waals surface area contributed by atoms with Gasteiger partial charge < -0.3 is 10.6 Å². The van der Waals surface area contributed by atoms with E-state index in [9.17, 15) is 4.79 Å². The zero-order valence-corrected chi connectivity index (χ0v) is 15.0. The van der Waals surface area contributed by atoms with Gasteiger partial charge in [0, 0.05) is 22.7 Å². The molecule has 0 aliphatic rings. The monoisotopic (exact) mass is 340 g/mol. The van der Waals surface area contributed by atoms with Crippen LogP contribution in [0.3, 0.4) is 0 Å². The van der Waals surface area contributed by atoms with E-state index in [0.29, 0.717) is 12.1 Å². The Balaban J connectivity index is 2.01. The highest BCUT2D eigenvalue weighted by Crippen LogP contribution is 2.34. The van der Waals surface area contributed by atoms with Gasteiger partial charge in [-0.1, -0.05) is 6.07 Å². The molecule has 1 aromatic carbocycles. The number of fused-ring (bicyclic) bond motifs is 1. The van der Waals surface area contributed by atoms with Crippen molar-refractivity contribution in [2.24, 2.45) is 0 Å². The first-order valence-electron chi connectivity index (χ1n) is 7.89. The van der Waals surface area contributed by atoms with E-state index >= 15 is 0 Å². The molecule has 0 aliphatic heterocycles. The molecule has 0 saturated heterocycles. The summed E-state index contributed by atoms with van der Waals surface area (Å²) in [5, 5.41) is 7.22. The third-order valence-corrected chi connectivity index (χ3v) is 4.97. The van der Waals surface area contributed by atoms with Gasteiger partial charge in [0.15, 0.2) is 0 Å². The Kier molecular flexibility index (Phi) is 4.49. The van der Waals surface area contributed by atoms with Crippen LogP contribution in [0.4, 0.5) is 11.5 Å². The number of carbonyl (C=O) groups is 1. The van der Waals surface area contributed by atoms with Crippen molar-refractivity contribution in [2.75, 3.05) is 11.9 Å². The molecule has 0 saturated carbocycles. The summed E-state index contributed by atoms with van der Waals surface area (Å²) in [5.41, 5.74) is 2.65. The Morgan fingerprint density at radius 2 is 2.00 bits per heavy atom. The first-order chi connectivity index (χ1) is 11.5. The molecular formula is C18H20N4OS. The SMILES string of the molecule is CCNC(=O)c1cccc(Nc2nc(C)nc3sc(C)c(C)c23)c1. The van der Waals surface area contributed by atoms with Gasteiger partial charge in [-0.05, 0) is 51.5 Å². The summed E-state index contributed by atoms with van der Waals surface area (Å²) in [4.78, 5) is 23.3. The smallest absolute Gasteiger partial charge is 0.251 e. The molecule has 6 heteroatoms. The zero-order valence-electron chi connectivity index (χ0n) is 14.2. The number of rotatable bonds is 4. The van der Waals surface area contributed by atoms with Gasteiger partial charge in [0.05, 0.1) is 5.39 Å². The van der Waals surface area contributed by atoms with Crippen molar-refractivity contribution in [3.8, 4) is 0 Å². The van der Waals surface area contributed by atoms with Crippen LogP contribution in [0.15, 0.2) is 24.3 Å². The molecule has 2 heterocycles. The molecule has 3 aromatic rings. The fraction of sp³-hybridized carbons (Fsp3) is 0.278. The lowest BCUT2D eigenvalue weighted by Crippen LogP contribution is -2.22. The summed E-state index contributed by atoms with van der Waals surface area (Å²) in [6.45, 7) is 8.58. The quantitative estimate of drug-likeness (QED) is 0.750. The molecule has 0 unspecified atom stereocenters. The molecule has 24 heavy (non-hydrogen) atoms. The largest absolute Gasteiger partial charge is 0.352 e. The van der Waals surface area contributed by atoms with E-state index in [1.54, 1.807) is 17.4 Å². The maximum Gasteiger partial charge on any atom is 0.251 e. The van der Waals surface area contributed by atoms with Crippen LogP contribution in [-0.2, 0) is 0 Å². The van der Waals surface area contributed by atoms with E-state index in [1.165, 1.54) is 10.4 Å². The van der Waals surface area contributed by atoms with Gasteiger partial charge in [0.25, 0.3) is 5.91 Å². The first kappa shape index (κ1) is 16.4. The van der Waals surface area contributed by atoms with Gasteiger partial charge in [0.2, 0.25) is 0 Å². The number of anilines is 2. The van der Waals surface area contributed by atoms with Crippen molar-refractivity contribution in [1.82, 2.24) is 15.3 Å². The Bertz CT molecular complexity index is 917. The van der Waals surface area contributed by atoms with Gasteiger partial charge in [-0.2, -0.15) is 0 Å². The number of amides is 1. The highest BCUT2D eigenvalue weighted by atomic mass is 32.1. The molecular weight excluding hydrogens is 320 g/mol. The molecule has 2 N–H and O–H groups in total. The summed E-state index contributed by atoms with van der Waals surface area (Å²) in [6.07, 6.45) is 0. The Labute approximate surface area is 145 Å². The second-order valence-corrected chi connectivity index (χ2v) is 6.85. The van der Waals surface area contributed by atoms with E-state index in [-0.39, 0.29) is 5.91 Å². The van der Waals surface area contributed by atoms with Gasteiger partial charge >= 0.3 is 0 Å². The maximum absolute atomic E-state index is 12.0. The molecule has 0 bridgehead atoms. The minimum absolute atomic E-state index is 0.0762. The fourth-order valence-electron chi connectivity index (χ4n) is 2.58. The van der Waals surface area contributed by atoms with Crippen molar-refractivity contribution < 1.29 is 4.79 Å². The van der Waals surface area contributed by atoms with Crippen LogP contribution in [-0.4, -0.2) is 22.4 Å². The third kappa shape index (κ3) is 3.10. The highest BCUT2D eigenvalue weighted by Gasteiger charge is 2.14. The molecule has 0 spiro atoms. The average Bonchev–Trinajstić information content (AvgIpc) is 2.82. The number of thiophene rings is 1. The average molecular weight is 340 g/mol. The highest BCUT2D eigenvalue weighted by molar-refractivity contribution is 7.18. The van der Waals surface area contributed by atoms with Gasteiger partial charge in [-0.3, -0.25) is 4.79 Å². The van der Waals surface area contributed by atoms with E-state index in [2.05, 4.69) is 34.4 Å². The number of nitrogens with zero attached hydrogens (tertiary/aromatic N) is 2. The maximum atomic E-state index is 12.0. The van der Waals surface area contributed by atoms with Crippen molar-refractivity contribution >= 4 is 39.0 Å². The van der Waals surface area contributed by atoms with Gasteiger partial charge in [-0.15, -0.1) is 11.3 Å². The summed E-state index contributed by atoms with van der Waals surface area (Å²) in [5.74, 6) is 1.44. The summed E-state index contributed by atoms with van der Waals surface area (Å²) in [7, 11) is 0. The number of aryl methyl sites for hydroxylation is 3. The Morgan fingerprint density at radius 1 is 1.21 bits per heavy atom. The summed E-state index contributed by atoms with van der Waals surface area (Å²) < 4.78 is 0. The Morgan fingerprint density at radius 3 is 2.75 bits per heavy atom. The van der Waals surface area contributed by atoms with Crippen LogP contribution in [0, 0.1) is 20.8 Å². The molecule has 0 radical (unpaired) electrons. The molecule has 0 atom stereocenters. The predicted molar refractivity (Wildman–Crippen MR) is 99.4 cm³/mol. The molecule has 5 nitrogen and oxygen atoms in total. The van der Waals surface area contributed by atoms with Crippen LogP contribution in [0.1, 0.15) is 33.5 Å². The first-order valence-corrected chi connectivity index (χ1v) is 8.71. The predicted octanol–water partition coefficient (Wildman–Crippen LogP) is 4.11. The number of hydrogen-bond donors (Lipinski definition) is 2. The van der Waals surface area contributed by atoms with E-state index in [0.717, 1.165) is 27.5 Å². The standard InChI is InChI=1S/C18H20N4OS/c1-5-19-17(23)13-7-6-8-14(9-13)22-16-15-10(2)11(3)24-18(15)21-12(4)20-16/h6-9H,5H2,1-4H3,(H,19,23)(H,20,21,22). The minimum Gasteiger partial charge on any atom is -0.352 e. The lowest BCUT2D eigenvalue weighted by Gasteiger charge is -2.10. The number of hydrogen-bond acceptors (Lipinski definition) is 5. The molecule has 3 rings (SSSR count). The topological polar surface area (TPSA) is 66.9 Å². The molecule has 0 aliphatic carbocycles. The molecule has 124 valence electrons. The normalized spacial score (nSPS) is 10.8. The van der Waals surface area contributed by atoms with E-state index < -0.39 is 0 Å². The summed E-state index contributed by atoms with van der Waals surface area (Å²) in [6, 6.07) is 7.43. The van der Waals surface area contributed by atoms with E-state index in [1.807, 2.05) is 32.0 Å². The number of carbonyl (C=O) groups excluding carboxylic acids is 1. The van der Waals surface area contributed by atoms with Crippen molar-refractivity contribution in [3.63, 3.8) is 0 Å². The van der Waals surface area contributed by atoms with Crippen LogP contribution in [0.25, 0.3) is 10.2 Å². The molecule has 2 aromatic heterocycles. The minimum atomic E-state index is -0.0762. The molecule has 1 amide bonds. The second kappa shape index (κ2) is 6.57. The number of nitrogens with one attached hydrogen (secondary N) is 2. The lowest BCUT2D eigenvalue weighted by molar-refractivity contribution is 0.0956. The lowest BCUT2D eigenvalue weighted by atomic mass is 10.1. The van der Waals surface area contributed by atoms with Gasteiger partial charge in [0.1, 0.15) is 16.5 Å². The van der Waals surface area contributed by atoms with Crippen LogP contribution >= 0.6 is 11.3 Å². The summed E-state index contributed by atoms with van der Waals surface area (Å²) >= 11 is 1.68.